The van der Waals surface area contributed by atoms with Crippen LogP contribution in [-0.4, -0.2) is 26.3 Å². The van der Waals surface area contributed by atoms with E-state index in [1.807, 2.05) is 25.1 Å². The summed E-state index contributed by atoms with van der Waals surface area (Å²) in [5.41, 5.74) is 1.18. The Bertz CT molecular complexity index is 352. The second-order valence-corrected chi connectivity index (χ2v) is 4.60. The van der Waals surface area contributed by atoms with E-state index in [0.717, 1.165) is 37.5 Å². The van der Waals surface area contributed by atoms with E-state index < -0.39 is 0 Å². The number of aryl methyl sites for hydroxylation is 1. The zero-order valence-electron chi connectivity index (χ0n) is 12.0. The minimum Gasteiger partial charge on any atom is -0.493 e. The molecule has 102 valence electrons. The van der Waals surface area contributed by atoms with Crippen molar-refractivity contribution in [2.24, 2.45) is 0 Å². The van der Waals surface area contributed by atoms with E-state index in [1.165, 1.54) is 5.56 Å². The zero-order valence-corrected chi connectivity index (χ0v) is 12.0. The van der Waals surface area contributed by atoms with Gasteiger partial charge in [0.2, 0.25) is 0 Å². The summed E-state index contributed by atoms with van der Waals surface area (Å²) in [7, 11) is 1.68. The van der Waals surface area contributed by atoms with Crippen LogP contribution in [0.15, 0.2) is 18.2 Å². The molecule has 0 aliphatic heterocycles. The quantitative estimate of drug-likeness (QED) is 0.720. The lowest BCUT2D eigenvalue weighted by atomic mass is 10.2. The van der Waals surface area contributed by atoms with Crippen LogP contribution in [0.1, 0.15) is 32.3 Å². The predicted molar refractivity (Wildman–Crippen MR) is 75.6 cm³/mol. The van der Waals surface area contributed by atoms with Crippen molar-refractivity contribution in [3.05, 3.63) is 23.8 Å². The van der Waals surface area contributed by atoms with Gasteiger partial charge in [-0.3, -0.25) is 0 Å². The van der Waals surface area contributed by atoms with Crippen LogP contribution in [0, 0.1) is 6.92 Å². The maximum absolute atomic E-state index is 5.76. The Morgan fingerprint density at radius 3 is 2.72 bits per heavy atom. The number of methoxy groups -OCH3 is 1. The van der Waals surface area contributed by atoms with Gasteiger partial charge in [-0.25, -0.2) is 0 Å². The SMILES string of the molecule is CCNC(C)CCCOc1ccc(C)cc1OC. The first-order valence-electron chi connectivity index (χ1n) is 6.68. The lowest BCUT2D eigenvalue weighted by Gasteiger charge is -2.14. The van der Waals surface area contributed by atoms with Gasteiger partial charge in [-0.2, -0.15) is 0 Å². The summed E-state index contributed by atoms with van der Waals surface area (Å²) in [6.45, 7) is 8.13. The summed E-state index contributed by atoms with van der Waals surface area (Å²) >= 11 is 0. The fourth-order valence-electron chi connectivity index (χ4n) is 1.92. The second-order valence-electron chi connectivity index (χ2n) is 4.60. The molecule has 0 amide bonds. The largest absolute Gasteiger partial charge is 0.493 e. The maximum atomic E-state index is 5.76. The van der Waals surface area contributed by atoms with Crippen LogP contribution in [-0.2, 0) is 0 Å². The molecule has 1 atom stereocenters. The van der Waals surface area contributed by atoms with Gasteiger partial charge in [0.05, 0.1) is 13.7 Å². The molecule has 3 heteroatoms. The monoisotopic (exact) mass is 251 g/mol. The Morgan fingerprint density at radius 1 is 1.28 bits per heavy atom. The van der Waals surface area contributed by atoms with Crippen molar-refractivity contribution < 1.29 is 9.47 Å². The van der Waals surface area contributed by atoms with Crippen LogP contribution in [0.5, 0.6) is 11.5 Å². The van der Waals surface area contributed by atoms with E-state index in [0.29, 0.717) is 6.04 Å². The first kappa shape index (κ1) is 14.8. The van der Waals surface area contributed by atoms with Crippen molar-refractivity contribution >= 4 is 0 Å². The first-order chi connectivity index (χ1) is 8.67. The summed E-state index contributed by atoms with van der Waals surface area (Å²) in [5, 5.41) is 3.39. The summed E-state index contributed by atoms with van der Waals surface area (Å²) in [5.74, 6) is 1.65. The average molecular weight is 251 g/mol. The van der Waals surface area contributed by atoms with Crippen molar-refractivity contribution in [2.45, 2.75) is 39.7 Å². The molecular formula is C15H25NO2. The third-order valence-electron chi connectivity index (χ3n) is 2.91. The molecule has 0 aliphatic carbocycles. The van der Waals surface area contributed by atoms with Gasteiger partial charge in [-0.15, -0.1) is 0 Å². The van der Waals surface area contributed by atoms with Gasteiger partial charge in [0.15, 0.2) is 11.5 Å². The topological polar surface area (TPSA) is 30.5 Å². The molecule has 18 heavy (non-hydrogen) atoms. The number of hydrogen-bond donors (Lipinski definition) is 1. The van der Waals surface area contributed by atoms with Gasteiger partial charge in [-0.1, -0.05) is 13.0 Å². The highest BCUT2D eigenvalue weighted by Crippen LogP contribution is 2.27. The molecule has 1 unspecified atom stereocenters. The van der Waals surface area contributed by atoms with Gasteiger partial charge in [0.25, 0.3) is 0 Å². The van der Waals surface area contributed by atoms with Crippen LogP contribution < -0.4 is 14.8 Å². The molecule has 1 aromatic carbocycles. The van der Waals surface area contributed by atoms with Crippen LogP contribution >= 0.6 is 0 Å². The molecule has 0 spiro atoms. The molecule has 0 aromatic heterocycles. The fourth-order valence-corrected chi connectivity index (χ4v) is 1.92. The van der Waals surface area contributed by atoms with Crippen molar-refractivity contribution in [2.75, 3.05) is 20.3 Å². The second kappa shape index (κ2) is 7.98. The number of nitrogens with one attached hydrogen (secondary N) is 1. The summed E-state index contributed by atoms with van der Waals surface area (Å²) in [4.78, 5) is 0. The van der Waals surface area contributed by atoms with Gasteiger partial charge in [0.1, 0.15) is 0 Å². The minimum atomic E-state index is 0.554. The highest BCUT2D eigenvalue weighted by Gasteiger charge is 2.05. The number of ether oxygens (including phenoxy) is 2. The fraction of sp³-hybridized carbons (Fsp3) is 0.600. The van der Waals surface area contributed by atoms with Gasteiger partial charge in [-0.05, 0) is 50.9 Å². The molecule has 0 aliphatic rings. The lowest BCUT2D eigenvalue weighted by molar-refractivity contribution is 0.280. The lowest BCUT2D eigenvalue weighted by Crippen LogP contribution is -2.25. The third-order valence-corrected chi connectivity index (χ3v) is 2.91. The summed E-state index contributed by atoms with van der Waals surface area (Å²) in [6.07, 6.45) is 2.17. The predicted octanol–water partition coefficient (Wildman–Crippen LogP) is 3.16. The molecule has 1 N–H and O–H groups in total. The molecule has 1 rings (SSSR count). The van der Waals surface area contributed by atoms with Crippen molar-refractivity contribution in [3.63, 3.8) is 0 Å². The Morgan fingerprint density at radius 2 is 2.06 bits per heavy atom. The molecular weight excluding hydrogens is 226 g/mol. The smallest absolute Gasteiger partial charge is 0.161 e. The Labute approximate surface area is 110 Å². The van der Waals surface area contributed by atoms with Crippen LogP contribution in [0.3, 0.4) is 0 Å². The van der Waals surface area contributed by atoms with Crippen molar-refractivity contribution in [1.29, 1.82) is 0 Å². The van der Waals surface area contributed by atoms with Gasteiger partial charge >= 0.3 is 0 Å². The van der Waals surface area contributed by atoms with Gasteiger partial charge < -0.3 is 14.8 Å². The standard InChI is InChI=1S/C15H25NO2/c1-5-16-13(3)7-6-10-18-14-9-8-12(2)11-15(14)17-4/h8-9,11,13,16H,5-7,10H2,1-4H3. The summed E-state index contributed by atoms with van der Waals surface area (Å²) in [6, 6.07) is 6.57. The van der Waals surface area contributed by atoms with Gasteiger partial charge in [0, 0.05) is 6.04 Å². The van der Waals surface area contributed by atoms with Crippen LogP contribution in [0.2, 0.25) is 0 Å². The summed E-state index contributed by atoms with van der Waals surface area (Å²) < 4.78 is 11.1. The molecule has 0 radical (unpaired) electrons. The number of rotatable bonds is 8. The average Bonchev–Trinajstić information content (AvgIpc) is 2.36. The number of benzene rings is 1. The molecule has 0 bridgehead atoms. The van der Waals surface area contributed by atoms with Crippen molar-refractivity contribution in [3.8, 4) is 11.5 Å². The molecule has 0 fully saturated rings. The maximum Gasteiger partial charge on any atom is 0.161 e. The van der Waals surface area contributed by atoms with Crippen LogP contribution in [0.4, 0.5) is 0 Å². The Hall–Kier alpha value is -1.22. The normalized spacial score (nSPS) is 12.2. The first-order valence-corrected chi connectivity index (χ1v) is 6.68. The van der Waals surface area contributed by atoms with Crippen LogP contribution in [0.25, 0.3) is 0 Å². The highest BCUT2D eigenvalue weighted by molar-refractivity contribution is 5.42. The zero-order chi connectivity index (χ0) is 13.4. The molecule has 0 saturated carbocycles. The van der Waals surface area contributed by atoms with E-state index in [-0.39, 0.29) is 0 Å². The minimum absolute atomic E-state index is 0.554. The van der Waals surface area contributed by atoms with Crippen molar-refractivity contribution in [1.82, 2.24) is 5.32 Å². The molecule has 0 heterocycles. The van der Waals surface area contributed by atoms with E-state index >= 15 is 0 Å². The van der Waals surface area contributed by atoms with E-state index in [9.17, 15) is 0 Å². The van der Waals surface area contributed by atoms with E-state index in [2.05, 4.69) is 19.2 Å². The Balaban J connectivity index is 2.35. The Kier molecular flexibility index (Phi) is 6.58. The highest BCUT2D eigenvalue weighted by atomic mass is 16.5. The number of hydrogen-bond acceptors (Lipinski definition) is 3. The van der Waals surface area contributed by atoms with E-state index in [1.54, 1.807) is 7.11 Å². The molecule has 3 nitrogen and oxygen atoms in total. The molecule has 1 aromatic rings. The molecule has 0 saturated heterocycles. The third kappa shape index (κ3) is 4.96. The van der Waals surface area contributed by atoms with E-state index in [4.69, 9.17) is 9.47 Å².